The number of nitrogens with zero attached hydrogens (tertiary/aromatic N) is 1. The first-order valence-electron chi connectivity index (χ1n) is 7.48. The van der Waals surface area contributed by atoms with E-state index < -0.39 is 0 Å². The van der Waals surface area contributed by atoms with Crippen LogP contribution in [0.15, 0.2) is 18.2 Å². The molecule has 0 aromatic heterocycles. The summed E-state index contributed by atoms with van der Waals surface area (Å²) in [4.78, 5) is 14.9. The third kappa shape index (κ3) is 2.45. The molecule has 2 fully saturated rings. The molecule has 4 heteroatoms. The van der Waals surface area contributed by atoms with Crippen molar-refractivity contribution in [2.45, 2.75) is 44.7 Å². The molecular weight excluding hydrogens is 272 g/mol. The molecule has 0 aliphatic carbocycles. The third-order valence-electron chi connectivity index (χ3n) is 4.62. The van der Waals surface area contributed by atoms with Crippen molar-refractivity contribution in [3.05, 3.63) is 34.3 Å². The number of likely N-dealkylation sites (tertiary alicyclic amines) is 1. The predicted molar refractivity (Wildman–Crippen MR) is 81.3 cm³/mol. The summed E-state index contributed by atoms with van der Waals surface area (Å²) < 4.78 is 0. The number of halogens is 1. The Morgan fingerprint density at radius 3 is 2.95 bits per heavy atom. The van der Waals surface area contributed by atoms with E-state index in [0.717, 1.165) is 37.1 Å². The summed E-state index contributed by atoms with van der Waals surface area (Å²) in [5, 5.41) is 4.21. The Kier molecular flexibility index (Phi) is 3.99. The average Bonchev–Trinajstić information content (AvgIpc) is 3.10. The second-order valence-electron chi connectivity index (χ2n) is 5.82. The lowest BCUT2D eigenvalue weighted by Gasteiger charge is -2.30. The summed E-state index contributed by atoms with van der Waals surface area (Å²) in [7, 11) is 0. The Hall–Kier alpha value is -1.06. The summed E-state index contributed by atoms with van der Waals surface area (Å²) in [6.45, 7) is 3.88. The Balaban J connectivity index is 1.83. The Morgan fingerprint density at radius 1 is 1.35 bits per heavy atom. The van der Waals surface area contributed by atoms with E-state index >= 15 is 0 Å². The van der Waals surface area contributed by atoms with E-state index in [1.165, 1.54) is 12.8 Å². The molecule has 1 amide bonds. The zero-order valence-corrected chi connectivity index (χ0v) is 12.6. The van der Waals surface area contributed by atoms with Gasteiger partial charge in [0.25, 0.3) is 5.91 Å². The van der Waals surface area contributed by atoms with Crippen molar-refractivity contribution in [3.63, 3.8) is 0 Å². The molecule has 0 saturated carbocycles. The van der Waals surface area contributed by atoms with Crippen molar-refractivity contribution in [3.8, 4) is 0 Å². The minimum atomic E-state index is 0.140. The van der Waals surface area contributed by atoms with Crippen LogP contribution >= 0.6 is 11.6 Å². The fraction of sp³-hybridized carbons (Fsp3) is 0.562. The highest BCUT2D eigenvalue weighted by Gasteiger charge is 2.36. The van der Waals surface area contributed by atoms with Gasteiger partial charge in [0.2, 0.25) is 0 Å². The van der Waals surface area contributed by atoms with Gasteiger partial charge in [0.05, 0.1) is 0 Å². The van der Waals surface area contributed by atoms with Gasteiger partial charge in [-0.1, -0.05) is 17.7 Å². The first-order valence-corrected chi connectivity index (χ1v) is 7.86. The number of carbonyl (C=O) groups excluding carboxylic acids is 1. The van der Waals surface area contributed by atoms with Crippen molar-refractivity contribution in [2.75, 3.05) is 13.1 Å². The monoisotopic (exact) mass is 292 g/mol. The summed E-state index contributed by atoms with van der Waals surface area (Å²) >= 11 is 6.15. The van der Waals surface area contributed by atoms with Crippen LogP contribution in [0.5, 0.6) is 0 Å². The molecule has 1 aromatic rings. The van der Waals surface area contributed by atoms with Gasteiger partial charge in [-0.05, 0) is 56.8 Å². The Bertz CT molecular complexity index is 511. The molecule has 1 aromatic carbocycles. The van der Waals surface area contributed by atoms with Crippen molar-refractivity contribution in [2.24, 2.45) is 0 Å². The maximum absolute atomic E-state index is 12.8. The smallest absolute Gasteiger partial charge is 0.254 e. The quantitative estimate of drug-likeness (QED) is 0.909. The number of hydrogen-bond acceptors (Lipinski definition) is 2. The molecule has 2 heterocycles. The molecule has 0 bridgehead atoms. The highest BCUT2D eigenvalue weighted by Crippen LogP contribution is 2.28. The second kappa shape index (κ2) is 5.74. The maximum atomic E-state index is 12.8. The van der Waals surface area contributed by atoms with E-state index in [1.807, 2.05) is 25.1 Å². The summed E-state index contributed by atoms with van der Waals surface area (Å²) in [5.41, 5.74) is 1.64. The van der Waals surface area contributed by atoms with Gasteiger partial charge in [0.15, 0.2) is 0 Å². The average molecular weight is 293 g/mol. The fourth-order valence-electron chi connectivity index (χ4n) is 3.50. The lowest BCUT2D eigenvalue weighted by atomic mass is 10.0. The summed E-state index contributed by atoms with van der Waals surface area (Å²) in [5.74, 6) is 0.140. The number of hydrogen-bond donors (Lipinski definition) is 1. The van der Waals surface area contributed by atoms with Gasteiger partial charge in [-0.2, -0.15) is 0 Å². The van der Waals surface area contributed by atoms with E-state index in [1.54, 1.807) is 0 Å². The van der Waals surface area contributed by atoms with Gasteiger partial charge >= 0.3 is 0 Å². The van der Waals surface area contributed by atoms with Crippen LogP contribution in [0.25, 0.3) is 0 Å². The second-order valence-corrected chi connectivity index (χ2v) is 6.23. The van der Waals surface area contributed by atoms with Crippen molar-refractivity contribution < 1.29 is 4.79 Å². The zero-order valence-electron chi connectivity index (χ0n) is 11.9. The molecular formula is C16H21ClN2O. The molecule has 0 spiro atoms. The number of amides is 1. The molecule has 1 N–H and O–H groups in total. The standard InChI is InChI=1S/C16H21ClN2O/c1-11-12(5-2-6-13(11)17)16(20)19-10-4-8-15(19)14-7-3-9-18-14/h2,5-6,14-15,18H,3-4,7-10H2,1H3. The molecule has 3 nitrogen and oxygen atoms in total. The molecule has 108 valence electrons. The molecule has 2 unspecified atom stereocenters. The number of carbonyl (C=O) groups is 1. The minimum absolute atomic E-state index is 0.140. The normalized spacial score (nSPS) is 26.2. The zero-order chi connectivity index (χ0) is 14.1. The lowest BCUT2D eigenvalue weighted by Crippen LogP contribution is -2.46. The van der Waals surface area contributed by atoms with Gasteiger partial charge in [-0.15, -0.1) is 0 Å². The molecule has 0 radical (unpaired) electrons. The number of benzene rings is 1. The van der Waals surface area contributed by atoms with Crippen LogP contribution in [0.2, 0.25) is 5.02 Å². The van der Waals surface area contributed by atoms with Crippen LogP contribution in [0.4, 0.5) is 0 Å². The molecule has 2 saturated heterocycles. The van der Waals surface area contributed by atoms with Crippen LogP contribution in [-0.2, 0) is 0 Å². The van der Waals surface area contributed by atoms with E-state index in [4.69, 9.17) is 11.6 Å². The van der Waals surface area contributed by atoms with Gasteiger partial charge in [-0.3, -0.25) is 4.79 Å². The highest BCUT2D eigenvalue weighted by atomic mass is 35.5. The van der Waals surface area contributed by atoms with Crippen molar-refractivity contribution in [1.29, 1.82) is 0 Å². The lowest BCUT2D eigenvalue weighted by molar-refractivity contribution is 0.0710. The maximum Gasteiger partial charge on any atom is 0.254 e. The van der Waals surface area contributed by atoms with E-state index in [0.29, 0.717) is 17.1 Å². The Morgan fingerprint density at radius 2 is 2.20 bits per heavy atom. The van der Waals surface area contributed by atoms with Crippen molar-refractivity contribution in [1.82, 2.24) is 10.2 Å². The molecule has 2 aliphatic rings. The molecule has 3 rings (SSSR count). The van der Waals surface area contributed by atoms with Gasteiger partial charge < -0.3 is 10.2 Å². The van der Waals surface area contributed by atoms with Crippen LogP contribution < -0.4 is 5.32 Å². The van der Waals surface area contributed by atoms with E-state index in [-0.39, 0.29) is 5.91 Å². The van der Waals surface area contributed by atoms with Crippen LogP contribution in [0.1, 0.15) is 41.6 Å². The first-order chi connectivity index (χ1) is 9.68. The van der Waals surface area contributed by atoms with Crippen molar-refractivity contribution >= 4 is 17.5 Å². The van der Waals surface area contributed by atoms with Crippen LogP contribution in [0, 0.1) is 6.92 Å². The minimum Gasteiger partial charge on any atom is -0.334 e. The third-order valence-corrected chi connectivity index (χ3v) is 5.03. The van der Waals surface area contributed by atoms with Crippen LogP contribution in [-0.4, -0.2) is 36.0 Å². The molecule has 2 aliphatic heterocycles. The molecule has 20 heavy (non-hydrogen) atoms. The first kappa shape index (κ1) is 13.9. The van der Waals surface area contributed by atoms with Gasteiger partial charge in [-0.25, -0.2) is 0 Å². The highest BCUT2D eigenvalue weighted by molar-refractivity contribution is 6.31. The fourth-order valence-corrected chi connectivity index (χ4v) is 3.67. The summed E-state index contributed by atoms with van der Waals surface area (Å²) in [6.07, 6.45) is 4.62. The molecule has 2 atom stereocenters. The predicted octanol–water partition coefficient (Wildman–Crippen LogP) is 3.01. The number of nitrogens with one attached hydrogen (secondary N) is 1. The van der Waals surface area contributed by atoms with Gasteiger partial charge in [0, 0.05) is 29.2 Å². The van der Waals surface area contributed by atoms with E-state index in [2.05, 4.69) is 10.2 Å². The van der Waals surface area contributed by atoms with Gasteiger partial charge in [0.1, 0.15) is 0 Å². The van der Waals surface area contributed by atoms with Crippen LogP contribution in [0.3, 0.4) is 0 Å². The summed E-state index contributed by atoms with van der Waals surface area (Å²) in [6, 6.07) is 6.42. The SMILES string of the molecule is Cc1c(Cl)cccc1C(=O)N1CCCC1C1CCCN1. The Labute approximate surface area is 125 Å². The largest absolute Gasteiger partial charge is 0.334 e. The van der Waals surface area contributed by atoms with E-state index in [9.17, 15) is 4.79 Å². The number of rotatable bonds is 2. The topological polar surface area (TPSA) is 32.3 Å².